The maximum atomic E-state index is 13.1. The highest BCUT2D eigenvalue weighted by atomic mass is 32.2. The average Bonchev–Trinajstić information content (AvgIpc) is 3.10. The Labute approximate surface area is 140 Å². The predicted octanol–water partition coefficient (Wildman–Crippen LogP) is 2.56. The summed E-state index contributed by atoms with van der Waals surface area (Å²) in [5.74, 6) is 0.571. The molecule has 2 aromatic rings. The number of nitrogens with zero attached hydrogens (tertiary/aromatic N) is 1. The lowest BCUT2D eigenvalue weighted by molar-refractivity contribution is 0.0665. The molecule has 1 fully saturated rings. The van der Waals surface area contributed by atoms with Gasteiger partial charge in [0, 0.05) is 11.6 Å². The number of halogens is 1. The normalized spacial score (nSPS) is 19.3. The molecule has 1 unspecified atom stereocenters. The second-order valence-electron chi connectivity index (χ2n) is 6.01. The lowest BCUT2D eigenvalue weighted by Crippen LogP contribution is -2.40. The fourth-order valence-corrected chi connectivity index (χ4v) is 4.61. The molecule has 2 heterocycles. The van der Waals surface area contributed by atoms with Crippen LogP contribution in [0.25, 0.3) is 0 Å². The minimum absolute atomic E-state index is 0.0559. The van der Waals surface area contributed by atoms with Crippen LogP contribution in [0.5, 0.6) is 0 Å². The molecule has 1 atom stereocenters. The van der Waals surface area contributed by atoms with Gasteiger partial charge in [0.15, 0.2) is 9.84 Å². The molecule has 0 aliphatic carbocycles. The minimum atomic E-state index is -3.13. The zero-order chi connectivity index (χ0) is 17.3. The van der Waals surface area contributed by atoms with Crippen LogP contribution >= 0.6 is 0 Å². The van der Waals surface area contributed by atoms with Crippen LogP contribution in [0.4, 0.5) is 4.39 Å². The quantitative estimate of drug-likeness (QED) is 0.849. The van der Waals surface area contributed by atoms with E-state index in [1.807, 2.05) is 0 Å². The molecule has 128 valence electrons. The van der Waals surface area contributed by atoms with Gasteiger partial charge in [0.1, 0.15) is 17.3 Å². The second-order valence-corrected chi connectivity index (χ2v) is 8.24. The Bertz CT molecular complexity index is 842. The second kappa shape index (κ2) is 6.39. The van der Waals surface area contributed by atoms with Crippen LogP contribution in [-0.4, -0.2) is 36.8 Å². The summed E-state index contributed by atoms with van der Waals surface area (Å²) < 4.78 is 42.2. The summed E-state index contributed by atoms with van der Waals surface area (Å²) in [5.41, 5.74) is 0.323. The molecular weight excluding hydrogens is 333 g/mol. The topological polar surface area (TPSA) is 67.6 Å². The van der Waals surface area contributed by atoms with Gasteiger partial charge in [-0.2, -0.15) is 0 Å². The molecular formula is C17H18FNO4S. The van der Waals surface area contributed by atoms with E-state index in [0.717, 1.165) is 5.76 Å². The Morgan fingerprint density at radius 1 is 1.25 bits per heavy atom. The molecule has 1 aromatic carbocycles. The highest BCUT2D eigenvalue weighted by Crippen LogP contribution is 2.23. The molecule has 5 nitrogen and oxygen atoms in total. The van der Waals surface area contributed by atoms with Gasteiger partial charge in [-0.1, -0.05) is 0 Å². The van der Waals surface area contributed by atoms with Crippen LogP contribution in [0.15, 0.2) is 40.8 Å². The van der Waals surface area contributed by atoms with Crippen molar-refractivity contribution in [3.63, 3.8) is 0 Å². The molecule has 1 amide bonds. The molecule has 3 rings (SSSR count). The smallest absolute Gasteiger partial charge is 0.254 e. The van der Waals surface area contributed by atoms with Crippen LogP contribution in [0.3, 0.4) is 0 Å². The van der Waals surface area contributed by atoms with E-state index in [0.29, 0.717) is 17.7 Å². The third-order valence-electron chi connectivity index (χ3n) is 4.12. The molecule has 0 N–H and O–H groups in total. The van der Waals surface area contributed by atoms with Crippen molar-refractivity contribution >= 4 is 15.7 Å². The Morgan fingerprint density at radius 2 is 1.96 bits per heavy atom. The first-order valence-electron chi connectivity index (χ1n) is 7.66. The van der Waals surface area contributed by atoms with E-state index in [9.17, 15) is 17.6 Å². The number of carbonyl (C=O) groups excluding carboxylic acids is 1. The van der Waals surface area contributed by atoms with Gasteiger partial charge in [0.05, 0.1) is 18.1 Å². The first-order chi connectivity index (χ1) is 11.3. The van der Waals surface area contributed by atoms with Crippen molar-refractivity contribution in [3.05, 3.63) is 59.3 Å². The Hall–Kier alpha value is -2.15. The van der Waals surface area contributed by atoms with E-state index in [-0.39, 0.29) is 24.0 Å². The van der Waals surface area contributed by atoms with Gasteiger partial charge in [-0.05, 0) is 49.7 Å². The van der Waals surface area contributed by atoms with Gasteiger partial charge in [-0.25, -0.2) is 12.8 Å². The van der Waals surface area contributed by atoms with E-state index in [1.54, 1.807) is 19.1 Å². The third kappa shape index (κ3) is 3.67. The number of sulfone groups is 1. The molecule has 1 aliphatic rings. The summed E-state index contributed by atoms with van der Waals surface area (Å²) in [4.78, 5) is 14.3. The first-order valence-corrected chi connectivity index (χ1v) is 9.48. The minimum Gasteiger partial charge on any atom is -0.464 e. The Kier molecular flexibility index (Phi) is 4.45. The zero-order valence-corrected chi connectivity index (χ0v) is 14.1. The maximum absolute atomic E-state index is 13.1. The fraction of sp³-hybridized carbons (Fsp3) is 0.353. The highest BCUT2D eigenvalue weighted by Gasteiger charge is 2.35. The van der Waals surface area contributed by atoms with Crippen molar-refractivity contribution in [1.29, 1.82) is 0 Å². The van der Waals surface area contributed by atoms with E-state index in [4.69, 9.17) is 4.42 Å². The number of rotatable bonds is 4. The van der Waals surface area contributed by atoms with Crippen molar-refractivity contribution in [3.8, 4) is 0 Å². The van der Waals surface area contributed by atoms with Gasteiger partial charge >= 0.3 is 0 Å². The van der Waals surface area contributed by atoms with Crippen molar-refractivity contribution in [2.75, 3.05) is 11.5 Å². The summed E-state index contributed by atoms with van der Waals surface area (Å²) >= 11 is 0. The molecule has 1 aliphatic heterocycles. The van der Waals surface area contributed by atoms with Gasteiger partial charge in [-0.15, -0.1) is 0 Å². The lowest BCUT2D eigenvalue weighted by Gasteiger charge is -2.27. The predicted molar refractivity (Wildman–Crippen MR) is 86.8 cm³/mol. The molecule has 0 radical (unpaired) electrons. The van der Waals surface area contributed by atoms with Crippen LogP contribution in [0.2, 0.25) is 0 Å². The van der Waals surface area contributed by atoms with E-state index in [1.165, 1.54) is 29.2 Å². The molecule has 1 aromatic heterocycles. The molecule has 7 heteroatoms. The largest absolute Gasteiger partial charge is 0.464 e. The number of hydrogen-bond acceptors (Lipinski definition) is 4. The molecule has 24 heavy (non-hydrogen) atoms. The van der Waals surface area contributed by atoms with Gasteiger partial charge in [0.2, 0.25) is 0 Å². The van der Waals surface area contributed by atoms with Gasteiger partial charge < -0.3 is 9.32 Å². The molecule has 0 spiro atoms. The van der Waals surface area contributed by atoms with E-state index < -0.39 is 21.7 Å². The van der Waals surface area contributed by atoms with Crippen LogP contribution in [0, 0.1) is 12.7 Å². The summed E-state index contributed by atoms with van der Waals surface area (Å²) in [6.07, 6.45) is 0.398. The number of benzene rings is 1. The summed E-state index contributed by atoms with van der Waals surface area (Å²) in [5, 5.41) is 0. The number of carbonyl (C=O) groups is 1. The van der Waals surface area contributed by atoms with Crippen molar-refractivity contribution in [2.24, 2.45) is 0 Å². The summed E-state index contributed by atoms with van der Waals surface area (Å²) in [6.45, 7) is 1.99. The SMILES string of the molecule is Cc1ccc(CN(C(=O)c2ccc(F)cc2)C2CCS(=O)(=O)C2)o1. The van der Waals surface area contributed by atoms with Gasteiger partial charge in [0.25, 0.3) is 5.91 Å². The van der Waals surface area contributed by atoms with Crippen molar-refractivity contribution < 1.29 is 22.0 Å². The monoisotopic (exact) mass is 351 g/mol. The van der Waals surface area contributed by atoms with E-state index >= 15 is 0 Å². The molecule has 1 saturated heterocycles. The van der Waals surface area contributed by atoms with Crippen LogP contribution in [0.1, 0.15) is 28.3 Å². The van der Waals surface area contributed by atoms with Crippen LogP contribution < -0.4 is 0 Å². The van der Waals surface area contributed by atoms with E-state index in [2.05, 4.69) is 0 Å². The molecule has 0 saturated carbocycles. The number of amides is 1. The first kappa shape index (κ1) is 16.7. The third-order valence-corrected chi connectivity index (χ3v) is 5.87. The number of aryl methyl sites for hydroxylation is 1. The highest BCUT2D eigenvalue weighted by molar-refractivity contribution is 7.91. The number of furan rings is 1. The van der Waals surface area contributed by atoms with Crippen LogP contribution in [-0.2, 0) is 16.4 Å². The molecule has 0 bridgehead atoms. The zero-order valence-electron chi connectivity index (χ0n) is 13.2. The average molecular weight is 351 g/mol. The standard InChI is InChI=1S/C17H18FNO4S/c1-12-2-7-16(23-12)10-19(15-8-9-24(21,22)11-15)17(20)13-3-5-14(18)6-4-13/h2-7,15H,8-11H2,1H3. The summed E-state index contributed by atoms with van der Waals surface area (Å²) in [6, 6.07) is 8.40. The lowest BCUT2D eigenvalue weighted by atomic mass is 10.1. The Morgan fingerprint density at radius 3 is 2.50 bits per heavy atom. The fourth-order valence-electron chi connectivity index (χ4n) is 2.88. The number of hydrogen-bond donors (Lipinski definition) is 0. The Balaban J connectivity index is 1.88. The van der Waals surface area contributed by atoms with Crippen molar-refractivity contribution in [1.82, 2.24) is 4.90 Å². The maximum Gasteiger partial charge on any atom is 0.254 e. The van der Waals surface area contributed by atoms with Gasteiger partial charge in [-0.3, -0.25) is 4.79 Å². The van der Waals surface area contributed by atoms with Crippen molar-refractivity contribution in [2.45, 2.75) is 25.9 Å². The summed E-state index contributed by atoms with van der Waals surface area (Å²) in [7, 11) is -3.13.